The van der Waals surface area contributed by atoms with E-state index in [4.69, 9.17) is 23.3 Å². The first kappa shape index (κ1) is 24.2. The van der Waals surface area contributed by atoms with Crippen molar-refractivity contribution in [2.24, 2.45) is 5.41 Å². The van der Waals surface area contributed by atoms with Gasteiger partial charge in [0, 0.05) is 40.0 Å². The van der Waals surface area contributed by atoms with Crippen LogP contribution in [0.1, 0.15) is 33.6 Å². The van der Waals surface area contributed by atoms with Crippen molar-refractivity contribution >= 4 is 15.2 Å². The summed E-state index contributed by atoms with van der Waals surface area (Å²) < 4.78 is 52.6. The van der Waals surface area contributed by atoms with Crippen LogP contribution in [0.5, 0.6) is 0 Å². The molecule has 0 spiro atoms. The number of hydrogen-bond acceptors (Lipinski definition) is 7. The van der Waals surface area contributed by atoms with Crippen LogP contribution in [-0.4, -0.2) is 68.0 Å². The topological polar surface area (TPSA) is 121 Å². The summed E-state index contributed by atoms with van der Waals surface area (Å²) in [4.78, 5) is 20.3. The van der Waals surface area contributed by atoms with Gasteiger partial charge >= 0.3 is 15.2 Å². The molecule has 1 aliphatic rings. The maximum absolute atomic E-state index is 13.6. The van der Waals surface area contributed by atoms with E-state index in [0.29, 0.717) is 0 Å². The molecule has 156 valence electrons. The molecule has 2 unspecified atom stereocenters. The van der Waals surface area contributed by atoms with E-state index in [2.05, 4.69) is 0 Å². The maximum atomic E-state index is 13.6. The Hall–Kier alpha value is 0.180. The monoisotopic (exact) mass is 418 g/mol. The fourth-order valence-corrected chi connectivity index (χ4v) is 8.20. The second-order valence-electron chi connectivity index (χ2n) is 7.07. The van der Waals surface area contributed by atoms with E-state index in [1.54, 1.807) is 13.8 Å². The van der Waals surface area contributed by atoms with E-state index in [1.807, 2.05) is 0 Å². The van der Waals surface area contributed by atoms with Crippen molar-refractivity contribution in [3.8, 4) is 0 Å². The normalized spacial score (nSPS) is 30.6. The van der Waals surface area contributed by atoms with Gasteiger partial charge < -0.3 is 28.5 Å². The summed E-state index contributed by atoms with van der Waals surface area (Å²) >= 11 is 0. The minimum atomic E-state index is -4.84. The molecule has 0 amide bonds. The number of rotatable bonds is 11. The molecule has 1 heterocycles. The van der Waals surface area contributed by atoms with Crippen molar-refractivity contribution in [3.05, 3.63) is 0 Å². The molecule has 1 aliphatic heterocycles. The average Bonchev–Trinajstić information content (AvgIpc) is 2.66. The lowest BCUT2D eigenvalue weighted by atomic mass is 9.67. The molecule has 2 atom stereocenters. The predicted octanol–water partition coefficient (Wildman–Crippen LogP) is 2.60. The molecule has 1 rings (SSSR count). The highest BCUT2D eigenvalue weighted by Crippen LogP contribution is 2.84. The highest BCUT2D eigenvalue weighted by molar-refractivity contribution is 7.59. The standard InChI is InChI=1S/C15H32O9P2/c1-13(2)15(7-9-20-4,8-10-21-5)14(3,25(16,17)18)24-26(13,19)23-12-11-22-6/h7-12H2,1-6H3,(H2,16,17,18). The van der Waals surface area contributed by atoms with Crippen LogP contribution in [0.3, 0.4) is 0 Å². The van der Waals surface area contributed by atoms with Crippen molar-refractivity contribution in [3.63, 3.8) is 0 Å². The zero-order valence-electron chi connectivity index (χ0n) is 16.4. The lowest BCUT2D eigenvalue weighted by molar-refractivity contribution is -0.0227. The number of ether oxygens (including phenoxy) is 3. The van der Waals surface area contributed by atoms with Crippen LogP contribution in [0.4, 0.5) is 0 Å². The van der Waals surface area contributed by atoms with Crippen LogP contribution >= 0.6 is 15.2 Å². The number of methoxy groups -OCH3 is 3. The molecule has 0 radical (unpaired) electrons. The third kappa shape index (κ3) is 3.84. The minimum Gasteiger partial charge on any atom is -0.385 e. The lowest BCUT2D eigenvalue weighted by Crippen LogP contribution is -2.53. The van der Waals surface area contributed by atoms with Gasteiger partial charge in [-0.25, -0.2) is 0 Å². The highest BCUT2D eigenvalue weighted by atomic mass is 31.2. The van der Waals surface area contributed by atoms with Gasteiger partial charge in [0.2, 0.25) is 0 Å². The van der Waals surface area contributed by atoms with Gasteiger partial charge in [0.25, 0.3) is 0 Å². The second-order valence-corrected chi connectivity index (χ2v) is 11.6. The Balaban J connectivity index is 3.55. The molecule has 0 aromatic carbocycles. The Morgan fingerprint density at radius 3 is 1.77 bits per heavy atom. The SMILES string of the molecule is COCCOP1(=O)OC(C)(P(=O)(O)O)C(CCOC)(CCOC)C1(C)C. The van der Waals surface area contributed by atoms with E-state index < -0.39 is 31.1 Å². The van der Waals surface area contributed by atoms with Gasteiger partial charge in [-0.2, -0.15) is 0 Å². The molecule has 1 fully saturated rings. The smallest absolute Gasteiger partial charge is 0.357 e. The predicted molar refractivity (Wildman–Crippen MR) is 96.5 cm³/mol. The van der Waals surface area contributed by atoms with Gasteiger partial charge in [-0.1, -0.05) is 0 Å². The van der Waals surface area contributed by atoms with Crippen molar-refractivity contribution in [1.29, 1.82) is 0 Å². The van der Waals surface area contributed by atoms with Crippen molar-refractivity contribution < 1.29 is 42.2 Å². The molecule has 9 nitrogen and oxygen atoms in total. The lowest BCUT2D eigenvalue weighted by Gasteiger charge is -2.47. The van der Waals surface area contributed by atoms with Crippen molar-refractivity contribution in [2.45, 2.75) is 44.1 Å². The van der Waals surface area contributed by atoms with Crippen LogP contribution in [0.15, 0.2) is 0 Å². The zero-order chi connectivity index (χ0) is 20.3. The van der Waals surface area contributed by atoms with Gasteiger partial charge in [0.05, 0.1) is 18.4 Å². The first-order chi connectivity index (χ1) is 11.9. The fraction of sp³-hybridized carbons (Fsp3) is 1.00. The summed E-state index contributed by atoms with van der Waals surface area (Å²) in [6.07, 6.45) is 0.443. The average molecular weight is 418 g/mol. The van der Waals surface area contributed by atoms with E-state index in [-0.39, 0.29) is 39.3 Å². The number of hydrogen-bond donors (Lipinski definition) is 2. The molecule has 26 heavy (non-hydrogen) atoms. The Morgan fingerprint density at radius 1 is 0.923 bits per heavy atom. The molecule has 1 saturated heterocycles. The van der Waals surface area contributed by atoms with Gasteiger partial charge in [0.15, 0.2) is 5.34 Å². The summed E-state index contributed by atoms with van der Waals surface area (Å²) in [5.74, 6) is 0. The molecule has 0 aromatic heterocycles. The van der Waals surface area contributed by atoms with Gasteiger partial charge in [0.1, 0.15) is 0 Å². The van der Waals surface area contributed by atoms with Crippen LogP contribution in [0.25, 0.3) is 0 Å². The van der Waals surface area contributed by atoms with Crippen molar-refractivity contribution in [1.82, 2.24) is 0 Å². The van der Waals surface area contributed by atoms with E-state index in [0.717, 1.165) is 0 Å². The Labute approximate surface area is 155 Å². The Morgan fingerprint density at radius 2 is 1.38 bits per heavy atom. The van der Waals surface area contributed by atoms with Crippen LogP contribution in [0, 0.1) is 5.41 Å². The first-order valence-electron chi connectivity index (χ1n) is 8.37. The summed E-state index contributed by atoms with van der Waals surface area (Å²) in [5.41, 5.74) is -1.20. The van der Waals surface area contributed by atoms with Crippen LogP contribution in [0.2, 0.25) is 0 Å². The van der Waals surface area contributed by atoms with Crippen LogP contribution in [-0.2, 0) is 32.4 Å². The van der Waals surface area contributed by atoms with E-state index in [9.17, 15) is 18.9 Å². The third-order valence-electron chi connectivity index (χ3n) is 5.61. The summed E-state index contributed by atoms with van der Waals surface area (Å²) in [6, 6.07) is 0. The second kappa shape index (κ2) is 8.68. The van der Waals surface area contributed by atoms with E-state index >= 15 is 0 Å². The summed E-state index contributed by atoms with van der Waals surface area (Å²) in [7, 11) is -4.28. The minimum absolute atomic E-state index is 0.0148. The molecule has 0 aliphatic carbocycles. The zero-order valence-corrected chi connectivity index (χ0v) is 18.2. The van der Waals surface area contributed by atoms with Gasteiger partial charge in [-0.05, 0) is 33.6 Å². The molecule has 11 heteroatoms. The maximum Gasteiger partial charge on any atom is 0.357 e. The van der Waals surface area contributed by atoms with Gasteiger partial charge in [-0.3, -0.25) is 13.7 Å². The van der Waals surface area contributed by atoms with Gasteiger partial charge in [-0.15, -0.1) is 0 Å². The fourth-order valence-electron chi connectivity index (χ4n) is 3.78. The first-order valence-corrected chi connectivity index (χ1v) is 11.5. The molecule has 2 N–H and O–H groups in total. The molecule has 0 aromatic rings. The van der Waals surface area contributed by atoms with E-state index in [1.165, 1.54) is 28.3 Å². The highest BCUT2D eigenvalue weighted by Gasteiger charge is 2.78. The summed E-state index contributed by atoms with van der Waals surface area (Å²) in [6.45, 7) is 5.21. The summed E-state index contributed by atoms with van der Waals surface area (Å²) in [5, 5.41) is -3.20. The largest absolute Gasteiger partial charge is 0.385 e. The van der Waals surface area contributed by atoms with Crippen LogP contribution < -0.4 is 0 Å². The molecular weight excluding hydrogens is 386 g/mol. The molecular formula is C15H32O9P2. The Kier molecular flexibility index (Phi) is 8.09. The molecule has 0 saturated carbocycles. The molecule has 0 bridgehead atoms. The van der Waals surface area contributed by atoms with Crippen molar-refractivity contribution in [2.75, 3.05) is 47.8 Å². The quantitative estimate of drug-likeness (QED) is 0.385. The third-order valence-corrected chi connectivity index (χ3v) is 10.3. The Bertz CT molecular complexity index is 551.